The Hall–Kier alpha value is -0.260. The fraction of sp³-hybridized carbons (Fsp3) is 0.800. The average Bonchev–Trinajstić information content (AvgIpc) is 2.27. The molecule has 87 valence electrons. The highest BCUT2D eigenvalue weighted by Gasteiger charge is 1.94. The van der Waals surface area contributed by atoms with Gasteiger partial charge < -0.3 is 0 Å². The molecule has 0 aliphatic heterocycles. The van der Waals surface area contributed by atoms with E-state index in [1.54, 1.807) is 0 Å². The molecule has 0 amide bonds. The van der Waals surface area contributed by atoms with Crippen molar-refractivity contribution in [3.63, 3.8) is 0 Å². The summed E-state index contributed by atoms with van der Waals surface area (Å²) in [5.74, 6) is 0. The van der Waals surface area contributed by atoms with Crippen LogP contribution in [0.3, 0.4) is 0 Å². The Balaban J connectivity index is 2.08. The van der Waals surface area contributed by atoms with Gasteiger partial charge in [-0.25, -0.2) is 0 Å². The molecule has 0 nitrogen and oxygen atoms in total. The third kappa shape index (κ3) is 8.72. The molecule has 0 fully saturated rings. The minimum atomic E-state index is 1.31. The van der Waals surface area contributed by atoms with Crippen molar-refractivity contribution in [2.24, 2.45) is 0 Å². The highest BCUT2D eigenvalue weighted by Crippen LogP contribution is 2.13. The van der Waals surface area contributed by atoms with Gasteiger partial charge in [-0.1, -0.05) is 63.5 Å². The quantitative estimate of drug-likeness (QED) is 0.464. The average molecular weight is 207 g/mol. The van der Waals surface area contributed by atoms with E-state index in [2.05, 4.69) is 18.6 Å². The zero-order valence-electron chi connectivity index (χ0n) is 10.2. The van der Waals surface area contributed by atoms with Crippen molar-refractivity contribution < 1.29 is 0 Å². The summed E-state index contributed by atoms with van der Waals surface area (Å²) in [4.78, 5) is 0. The molecule has 0 saturated carbocycles. The van der Waals surface area contributed by atoms with Crippen molar-refractivity contribution in [1.82, 2.24) is 0 Å². The summed E-state index contributed by atoms with van der Waals surface area (Å²) in [5, 5.41) is 0. The zero-order valence-corrected chi connectivity index (χ0v) is 10.2. The summed E-state index contributed by atoms with van der Waals surface area (Å²) in [7, 11) is 0. The van der Waals surface area contributed by atoms with Crippen LogP contribution in [-0.2, 0) is 0 Å². The van der Waals surface area contributed by atoms with E-state index < -0.39 is 0 Å². The molecule has 0 unspecified atom stereocenters. The number of hydrogen-bond donors (Lipinski definition) is 0. The summed E-state index contributed by atoms with van der Waals surface area (Å²) in [6, 6.07) is 0. The third-order valence-corrected chi connectivity index (χ3v) is 3.22. The van der Waals surface area contributed by atoms with E-state index >= 15 is 0 Å². The predicted molar refractivity (Wildman–Crippen MR) is 68.8 cm³/mol. The first-order valence-corrected chi connectivity index (χ1v) is 6.97. The molecule has 1 radical (unpaired) electrons. The fourth-order valence-corrected chi connectivity index (χ4v) is 2.19. The van der Waals surface area contributed by atoms with Crippen molar-refractivity contribution in [2.45, 2.75) is 77.0 Å². The number of hydrogen-bond acceptors (Lipinski definition) is 0. The lowest BCUT2D eigenvalue weighted by Crippen LogP contribution is -1.82. The lowest BCUT2D eigenvalue weighted by atomic mass is 10.1. The van der Waals surface area contributed by atoms with Gasteiger partial charge in [-0.2, -0.15) is 0 Å². The van der Waals surface area contributed by atoms with Crippen molar-refractivity contribution >= 4 is 0 Å². The van der Waals surface area contributed by atoms with Crippen molar-refractivity contribution in [3.8, 4) is 0 Å². The van der Waals surface area contributed by atoms with Crippen LogP contribution in [0.25, 0.3) is 0 Å². The van der Waals surface area contributed by atoms with Crippen LogP contribution in [0.1, 0.15) is 77.0 Å². The molecule has 0 spiro atoms. The van der Waals surface area contributed by atoms with Gasteiger partial charge in [-0.05, 0) is 32.1 Å². The third-order valence-electron chi connectivity index (χ3n) is 3.22. The monoisotopic (exact) mass is 207 g/mol. The van der Waals surface area contributed by atoms with Crippen LogP contribution in [0.2, 0.25) is 0 Å². The Kier molecular flexibility index (Phi) is 8.76. The largest absolute Gasteiger partial charge is 0.0885 e. The van der Waals surface area contributed by atoms with Crippen molar-refractivity contribution in [1.29, 1.82) is 0 Å². The second kappa shape index (κ2) is 10.3. The van der Waals surface area contributed by atoms with Gasteiger partial charge in [-0.3, -0.25) is 0 Å². The highest BCUT2D eigenvalue weighted by atomic mass is 14.0. The van der Waals surface area contributed by atoms with Crippen molar-refractivity contribution in [3.05, 3.63) is 18.6 Å². The Labute approximate surface area is 96.2 Å². The minimum Gasteiger partial charge on any atom is -0.0885 e. The first-order valence-electron chi connectivity index (χ1n) is 6.97. The molecule has 0 heterocycles. The maximum atomic E-state index is 2.51. The molecule has 0 aromatic carbocycles. The van der Waals surface area contributed by atoms with Crippen LogP contribution in [-0.4, -0.2) is 0 Å². The fourth-order valence-electron chi connectivity index (χ4n) is 2.19. The highest BCUT2D eigenvalue weighted by molar-refractivity contribution is 4.81. The first kappa shape index (κ1) is 12.8. The normalized spacial score (nSPS) is 25.1. The van der Waals surface area contributed by atoms with E-state index in [1.807, 2.05) is 0 Å². The van der Waals surface area contributed by atoms with Gasteiger partial charge in [0, 0.05) is 0 Å². The van der Waals surface area contributed by atoms with Crippen molar-refractivity contribution in [2.75, 3.05) is 0 Å². The van der Waals surface area contributed by atoms with E-state index in [9.17, 15) is 0 Å². The lowest BCUT2D eigenvalue weighted by molar-refractivity contribution is 0.603. The Morgan fingerprint density at radius 3 is 1.40 bits per heavy atom. The molecule has 0 heteroatoms. The van der Waals surface area contributed by atoms with Gasteiger partial charge in [0.1, 0.15) is 0 Å². The lowest BCUT2D eigenvalue weighted by Gasteiger charge is -2.01. The molecular formula is C15H27. The smallest absolute Gasteiger partial charge is 0.0351 e. The van der Waals surface area contributed by atoms with Crippen LogP contribution in [0.5, 0.6) is 0 Å². The maximum absolute atomic E-state index is 2.51. The molecule has 0 atom stereocenters. The molecule has 0 N–H and O–H groups in total. The zero-order chi connectivity index (χ0) is 10.6. The standard InChI is InChI=1S/C15H27/c1-2-4-6-8-10-12-14-15-13-11-9-7-5-3-1/h1-2,13H,3-12,14-15H2/b2-1-. The van der Waals surface area contributed by atoms with Crippen LogP contribution >= 0.6 is 0 Å². The van der Waals surface area contributed by atoms with Crippen LogP contribution in [0.4, 0.5) is 0 Å². The van der Waals surface area contributed by atoms with Crippen LogP contribution in [0, 0.1) is 6.42 Å². The second-order valence-electron chi connectivity index (χ2n) is 4.74. The molecule has 1 rings (SSSR count). The van der Waals surface area contributed by atoms with E-state index in [1.165, 1.54) is 77.0 Å². The van der Waals surface area contributed by atoms with E-state index in [0.717, 1.165) is 0 Å². The van der Waals surface area contributed by atoms with E-state index in [4.69, 9.17) is 0 Å². The van der Waals surface area contributed by atoms with Crippen LogP contribution < -0.4 is 0 Å². The topological polar surface area (TPSA) is 0 Å². The molecule has 0 saturated heterocycles. The number of allylic oxidation sites excluding steroid dienone is 2. The second-order valence-corrected chi connectivity index (χ2v) is 4.74. The minimum absolute atomic E-state index is 1.31. The van der Waals surface area contributed by atoms with Crippen LogP contribution in [0.15, 0.2) is 12.2 Å². The van der Waals surface area contributed by atoms with Gasteiger partial charge in [-0.15, -0.1) is 0 Å². The van der Waals surface area contributed by atoms with Gasteiger partial charge in [0.25, 0.3) is 0 Å². The molecular weight excluding hydrogens is 180 g/mol. The molecule has 1 aliphatic rings. The Bertz CT molecular complexity index is 130. The van der Waals surface area contributed by atoms with Gasteiger partial charge in [0.05, 0.1) is 0 Å². The molecule has 0 aromatic rings. The van der Waals surface area contributed by atoms with E-state index in [-0.39, 0.29) is 0 Å². The summed E-state index contributed by atoms with van der Waals surface area (Å²) in [6.07, 6.45) is 24.0. The predicted octanol–water partition coefficient (Wildman–Crippen LogP) is 5.44. The molecule has 0 aromatic heterocycles. The van der Waals surface area contributed by atoms with Gasteiger partial charge >= 0.3 is 0 Å². The van der Waals surface area contributed by atoms with Gasteiger partial charge in [0.2, 0.25) is 0 Å². The summed E-state index contributed by atoms with van der Waals surface area (Å²) in [5.41, 5.74) is 0. The SMILES string of the molecule is [CH]1CCCCC/C=C\CCCCCCC1. The summed E-state index contributed by atoms with van der Waals surface area (Å²) >= 11 is 0. The summed E-state index contributed by atoms with van der Waals surface area (Å²) in [6.45, 7) is 0. The number of rotatable bonds is 0. The van der Waals surface area contributed by atoms with E-state index in [0.29, 0.717) is 0 Å². The first-order chi connectivity index (χ1) is 7.50. The molecule has 15 heavy (non-hydrogen) atoms. The summed E-state index contributed by atoms with van der Waals surface area (Å²) < 4.78 is 0. The maximum Gasteiger partial charge on any atom is -0.0351 e. The van der Waals surface area contributed by atoms with Gasteiger partial charge in [0.15, 0.2) is 0 Å². The molecule has 0 bridgehead atoms. The Morgan fingerprint density at radius 2 is 0.800 bits per heavy atom. The Morgan fingerprint density at radius 1 is 0.400 bits per heavy atom. The molecule has 1 aliphatic carbocycles.